The number of nitrogens with zero attached hydrogens (tertiary/aromatic N) is 1. The van der Waals surface area contributed by atoms with E-state index in [0.717, 1.165) is 28.5 Å². The fraction of sp³-hybridized carbons (Fsp3) is 0.250. The lowest BCUT2D eigenvalue weighted by Gasteiger charge is -2.15. The number of benzene rings is 2. The van der Waals surface area contributed by atoms with Crippen LogP contribution >= 0.6 is 0 Å². The minimum atomic E-state index is -0.198. The highest BCUT2D eigenvalue weighted by Crippen LogP contribution is 2.25. The lowest BCUT2D eigenvalue weighted by atomic mass is 9.99. The highest BCUT2D eigenvalue weighted by atomic mass is 16.3. The molecule has 3 aromatic rings. The van der Waals surface area contributed by atoms with E-state index in [2.05, 4.69) is 28.2 Å². The van der Waals surface area contributed by atoms with E-state index in [1.807, 2.05) is 36.5 Å². The molecule has 1 amide bonds. The zero-order chi connectivity index (χ0) is 20.5. The number of aliphatic hydroxyl groups excluding tert-OH is 1. The summed E-state index contributed by atoms with van der Waals surface area (Å²) in [6.07, 6.45) is 3.80. The molecule has 2 aromatic carbocycles. The average molecular weight is 385 g/mol. The van der Waals surface area contributed by atoms with E-state index in [-0.39, 0.29) is 18.4 Å². The first kappa shape index (κ1) is 20.2. The van der Waals surface area contributed by atoms with Crippen molar-refractivity contribution in [3.8, 4) is 17.9 Å². The molecule has 0 spiro atoms. The minimum absolute atomic E-state index is 0.0592. The van der Waals surface area contributed by atoms with Crippen molar-refractivity contribution in [2.75, 3.05) is 13.2 Å². The number of para-hydroxylation sites is 1. The molecule has 5 nitrogen and oxygen atoms in total. The molecule has 1 heterocycles. The number of H-pyrrole nitrogens is 1. The van der Waals surface area contributed by atoms with Gasteiger partial charge in [-0.2, -0.15) is 5.26 Å². The second-order valence-corrected chi connectivity index (χ2v) is 6.77. The Hall–Kier alpha value is -3.54. The van der Waals surface area contributed by atoms with Gasteiger partial charge in [0.1, 0.15) is 0 Å². The summed E-state index contributed by atoms with van der Waals surface area (Å²) < 4.78 is 0. The van der Waals surface area contributed by atoms with E-state index in [4.69, 9.17) is 5.26 Å². The molecule has 0 aliphatic heterocycles. The zero-order valence-corrected chi connectivity index (χ0v) is 16.1. The van der Waals surface area contributed by atoms with Crippen LogP contribution in [0, 0.1) is 23.2 Å². The van der Waals surface area contributed by atoms with Crippen LogP contribution in [0.15, 0.2) is 54.7 Å². The summed E-state index contributed by atoms with van der Waals surface area (Å²) >= 11 is 0. The Kier molecular flexibility index (Phi) is 7.05. The number of nitriles is 1. The van der Waals surface area contributed by atoms with E-state index in [9.17, 15) is 9.90 Å². The molecule has 1 aromatic heterocycles. The van der Waals surface area contributed by atoms with Gasteiger partial charge in [0.15, 0.2) is 0 Å². The van der Waals surface area contributed by atoms with Crippen molar-refractivity contribution in [1.82, 2.24) is 10.3 Å². The molecule has 0 fully saturated rings. The van der Waals surface area contributed by atoms with Crippen LogP contribution in [0.5, 0.6) is 0 Å². The van der Waals surface area contributed by atoms with Gasteiger partial charge in [0, 0.05) is 53.5 Å². The van der Waals surface area contributed by atoms with Gasteiger partial charge in [-0.05, 0) is 36.2 Å². The third kappa shape index (κ3) is 5.25. The van der Waals surface area contributed by atoms with Crippen LogP contribution in [0.4, 0.5) is 0 Å². The molecule has 3 rings (SSSR count). The van der Waals surface area contributed by atoms with Crippen LogP contribution in [0.1, 0.15) is 46.7 Å². The Morgan fingerprint density at radius 1 is 1.17 bits per heavy atom. The quantitative estimate of drug-likeness (QED) is 0.428. The Morgan fingerprint density at radius 3 is 2.86 bits per heavy atom. The summed E-state index contributed by atoms with van der Waals surface area (Å²) in [5.74, 6) is 5.67. The number of aromatic nitrogens is 1. The third-order valence-corrected chi connectivity index (χ3v) is 4.74. The van der Waals surface area contributed by atoms with E-state index in [1.165, 1.54) is 0 Å². The molecule has 0 aliphatic rings. The first-order valence-electron chi connectivity index (χ1n) is 9.64. The highest BCUT2D eigenvalue weighted by Gasteiger charge is 2.16. The summed E-state index contributed by atoms with van der Waals surface area (Å²) in [5.41, 5.74) is 3.29. The van der Waals surface area contributed by atoms with Crippen molar-refractivity contribution in [3.63, 3.8) is 0 Å². The van der Waals surface area contributed by atoms with Crippen LogP contribution in [-0.2, 0) is 0 Å². The molecule has 146 valence electrons. The van der Waals surface area contributed by atoms with Crippen molar-refractivity contribution in [2.24, 2.45) is 0 Å². The number of carbonyl (C=O) groups excluding carboxylic acids is 1. The maximum absolute atomic E-state index is 12.6. The minimum Gasteiger partial charge on any atom is -0.396 e. The van der Waals surface area contributed by atoms with Crippen molar-refractivity contribution >= 4 is 16.8 Å². The molecule has 29 heavy (non-hydrogen) atoms. The maximum Gasteiger partial charge on any atom is 0.251 e. The molecule has 1 atom stereocenters. The summed E-state index contributed by atoms with van der Waals surface area (Å²) in [7, 11) is 0. The second-order valence-electron chi connectivity index (χ2n) is 6.77. The van der Waals surface area contributed by atoms with Gasteiger partial charge in [0.2, 0.25) is 0 Å². The Labute approximate surface area is 170 Å². The molecular weight excluding hydrogens is 362 g/mol. The van der Waals surface area contributed by atoms with Crippen molar-refractivity contribution in [1.29, 1.82) is 5.26 Å². The first-order valence-corrected chi connectivity index (χ1v) is 9.64. The maximum atomic E-state index is 12.6. The van der Waals surface area contributed by atoms with Crippen molar-refractivity contribution < 1.29 is 9.90 Å². The summed E-state index contributed by atoms with van der Waals surface area (Å²) in [4.78, 5) is 15.8. The molecule has 0 bridgehead atoms. The predicted molar refractivity (Wildman–Crippen MR) is 113 cm³/mol. The highest BCUT2D eigenvalue weighted by molar-refractivity contribution is 5.94. The lowest BCUT2D eigenvalue weighted by molar-refractivity contribution is 0.0947. The third-order valence-electron chi connectivity index (χ3n) is 4.74. The van der Waals surface area contributed by atoms with Crippen LogP contribution in [-0.4, -0.2) is 29.1 Å². The lowest BCUT2D eigenvalue weighted by Crippen LogP contribution is -2.29. The Bertz CT molecular complexity index is 1080. The molecule has 0 unspecified atom stereocenters. The van der Waals surface area contributed by atoms with E-state index < -0.39 is 0 Å². The molecule has 3 N–H and O–H groups in total. The predicted octanol–water partition coefficient (Wildman–Crippen LogP) is 3.72. The van der Waals surface area contributed by atoms with Gasteiger partial charge in [-0.1, -0.05) is 36.1 Å². The summed E-state index contributed by atoms with van der Waals surface area (Å²) in [5, 5.41) is 22.3. The number of amides is 1. The number of hydrogen-bond donors (Lipinski definition) is 3. The average Bonchev–Trinajstić information content (AvgIpc) is 3.18. The van der Waals surface area contributed by atoms with E-state index in [1.54, 1.807) is 18.2 Å². The van der Waals surface area contributed by atoms with Crippen molar-refractivity contribution in [3.05, 3.63) is 71.4 Å². The van der Waals surface area contributed by atoms with Crippen LogP contribution in [0.2, 0.25) is 0 Å². The number of carbonyl (C=O) groups is 1. The van der Waals surface area contributed by atoms with Gasteiger partial charge in [-0.25, -0.2) is 0 Å². The van der Waals surface area contributed by atoms with Gasteiger partial charge in [0.25, 0.3) is 5.91 Å². The largest absolute Gasteiger partial charge is 0.396 e. The van der Waals surface area contributed by atoms with E-state index >= 15 is 0 Å². The number of aromatic amines is 1. The molecule has 5 heteroatoms. The van der Waals surface area contributed by atoms with Gasteiger partial charge in [0.05, 0.1) is 12.7 Å². The summed E-state index contributed by atoms with van der Waals surface area (Å²) in [6, 6.07) is 17.2. The molecular formula is C24H23N3O2. The van der Waals surface area contributed by atoms with Crippen LogP contribution < -0.4 is 5.32 Å². The molecule has 0 saturated carbocycles. The van der Waals surface area contributed by atoms with Crippen molar-refractivity contribution in [2.45, 2.75) is 25.2 Å². The van der Waals surface area contributed by atoms with Crippen LogP contribution in [0.25, 0.3) is 10.9 Å². The Balaban J connectivity index is 1.64. The monoisotopic (exact) mass is 385 g/mol. The molecule has 0 radical (unpaired) electrons. The number of rotatable bonds is 7. The standard InChI is InChI=1S/C24H23N3O2/c25-13-6-2-1-3-8-18-9-7-10-19(14-18)24(29)27-15-20(17-28)22-16-26-23-12-5-4-11-21(22)23/h4-5,7,9-12,14,16,20,26,28H,1-2,6,15,17H2,(H,27,29)/t20-/m0/s1. The normalized spacial score (nSPS) is 11.3. The van der Waals surface area contributed by atoms with Crippen LogP contribution in [0.3, 0.4) is 0 Å². The van der Waals surface area contributed by atoms with Gasteiger partial charge < -0.3 is 15.4 Å². The van der Waals surface area contributed by atoms with Gasteiger partial charge in [-0.15, -0.1) is 0 Å². The topological polar surface area (TPSA) is 88.9 Å². The number of nitrogens with one attached hydrogen (secondary N) is 2. The Morgan fingerprint density at radius 2 is 2.03 bits per heavy atom. The fourth-order valence-electron chi connectivity index (χ4n) is 3.18. The SMILES string of the molecule is N#CCCCC#Cc1cccc(C(=O)NC[C@@H](CO)c2c[nH]c3ccccc23)c1. The van der Waals surface area contributed by atoms with Gasteiger partial charge >= 0.3 is 0 Å². The smallest absolute Gasteiger partial charge is 0.251 e. The number of hydrogen-bond acceptors (Lipinski definition) is 3. The second kappa shape index (κ2) is 10.1. The molecule has 0 saturated heterocycles. The van der Waals surface area contributed by atoms with Gasteiger partial charge in [-0.3, -0.25) is 4.79 Å². The number of fused-ring (bicyclic) bond motifs is 1. The number of aliphatic hydroxyl groups is 1. The first-order chi connectivity index (χ1) is 14.2. The zero-order valence-electron chi connectivity index (χ0n) is 16.1. The molecule has 0 aliphatic carbocycles. The van der Waals surface area contributed by atoms with E-state index in [0.29, 0.717) is 24.9 Å². The fourth-order valence-corrected chi connectivity index (χ4v) is 3.18. The number of unbranched alkanes of at least 4 members (excludes halogenated alkanes) is 2. The summed E-state index contributed by atoms with van der Waals surface area (Å²) in [6.45, 7) is 0.275.